The van der Waals surface area contributed by atoms with E-state index in [1.165, 1.54) is 0 Å². The molecule has 0 spiro atoms. The van der Waals surface area contributed by atoms with E-state index < -0.39 is 0 Å². The lowest BCUT2D eigenvalue weighted by Crippen LogP contribution is -2.31. The molecule has 18 heavy (non-hydrogen) atoms. The first-order valence-electron chi connectivity index (χ1n) is 5.71. The summed E-state index contributed by atoms with van der Waals surface area (Å²) in [6.45, 7) is 2.62. The van der Waals surface area contributed by atoms with E-state index in [4.69, 9.17) is 16.4 Å². The molecule has 1 heterocycles. The lowest BCUT2D eigenvalue weighted by molar-refractivity contribution is 0.852. The summed E-state index contributed by atoms with van der Waals surface area (Å²) in [6.07, 6.45) is 0.764. The van der Waals surface area contributed by atoms with E-state index in [2.05, 4.69) is 16.4 Å². The Hall–Kier alpha value is -2.48. The number of nitrogens with one attached hydrogen (secondary N) is 3. The molecule has 0 radical (unpaired) electrons. The van der Waals surface area contributed by atoms with E-state index in [0.29, 0.717) is 12.1 Å². The molecule has 5 nitrogen and oxygen atoms in total. The third kappa shape index (κ3) is 2.28. The van der Waals surface area contributed by atoms with Crippen molar-refractivity contribution in [3.05, 3.63) is 35.0 Å². The number of guanidine groups is 1. The molecule has 0 unspecified atom stereocenters. The van der Waals surface area contributed by atoms with E-state index in [0.717, 1.165) is 28.6 Å². The second kappa shape index (κ2) is 4.80. The van der Waals surface area contributed by atoms with Crippen molar-refractivity contribution in [2.45, 2.75) is 13.3 Å². The normalized spacial score (nSPS) is 10.2. The zero-order valence-corrected chi connectivity index (χ0v) is 10.2. The molecule has 0 amide bonds. The summed E-state index contributed by atoms with van der Waals surface area (Å²) in [7, 11) is 0. The summed E-state index contributed by atoms with van der Waals surface area (Å²) in [5.74, 6) is -0.0230. The number of hydrogen-bond acceptors (Lipinski definition) is 2. The highest BCUT2D eigenvalue weighted by Gasteiger charge is 2.08. The smallest absolute Gasteiger partial charge is 0.185 e. The molecular weight excluding hydrogens is 226 g/mol. The molecule has 0 bridgehead atoms. The van der Waals surface area contributed by atoms with Crippen molar-refractivity contribution in [2.75, 3.05) is 6.54 Å². The number of aromatic nitrogens is 1. The molecule has 2 rings (SSSR count). The van der Waals surface area contributed by atoms with Crippen LogP contribution in [0.3, 0.4) is 0 Å². The largest absolute Gasteiger partial charge is 0.370 e. The molecule has 1 aromatic heterocycles. The predicted molar refractivity (Wildman–Crippen MR) is 71.4 cm³/mol. The Labute approximate surface area is 105 Å². The van der Waals surface area contributed by atoms with Gasteiger partial charge in [-0.1, -0.05) is 0 Å². The second-order valence-corrected chi connectivity index (χ2v) is 4.19. The minimum atomic E-state index is -0.0230. The van der Waals surface area contributed by atoms with E-state index in [1.54, 1.807) is 6.07 Å². The number of aromatic amines is 1. The average Bonchev–Trinajstić information content (AvgIpc) is 2.64. The zero-order valence-electron chi connectivity index (χ0n) is 10.2. The molecule has 0 aliphatic heterocycles. The second-order valence-electron chi connectivity index (χ2n) is 4.19. The van der Waals surface area contributed by atoms with Crippen LogP contribution in [0.25, 0.3) is 10.9 Å². The highest BCUT2D eigenvalue weighted by molar-refractivity contribution is 5.86. The van der Waals surface area contributed by atoms with Crippen LogP contribution in [0.5, 0.6) is 0 Å². The van der Waals surface area contributed by atoms with Gasteiger partial charge in [0.05, 0.1) is 11.6 Å². The average molecular weight is 241 g/mol. The molecule has 0 aliphatic rings. The molecule has 0 saturated heterocycles. The lowest BCUT2D eigenvalue weighted by Gasteiger charge is -2.04. The van der Waals surface area contributed by atoms with Gasteiger partial charge in [0.15, 0.2) is 5.96 Å². The van der Waals surface area contributed by atoms with Gasteiger partial charge >= 0.3 is 0 Å². The molecule has 92 valence electrons. The van der Waals surface area contributed by atoms with E-state index in [9.17, 15) is 0 Å². The Bertz CT molecular complexity index is 633. The van der Waals surface area contributed by atoms with Crippen molar-refractivity contribution in [3.63, 3.8) is 0 Å². The number of hydrogen-bond donors (Lipinski definition) is 4. The van der Waals surface area contributed by atoms with Gasteiger partial charge in [0.1, 0.15) is 0 Å². The van der Waals surface area contributed by atoms with Crippen molar-refractivity contribution in [1.82, 2.24) is 10.3 Å². The fourth-order valence-corrected chi connectivity index (χ4v) is 2.10. The van der Waals surface area contributed by atoms with Crippen molar-refractivity contribution in [2.24, 2.45) is 5.73 Å². The Morgan fingerprint density at radius 2 is 2.33 bits per heavy atom. The predicted octanol–water partition coefficient (Wildman–Crippen LogP) is 1.37. The first kappa shape index (κ1) is 12.0. The maximum absolute atomic E-state index is 8.93. The Kier molecular flexibility index (Phi) is 3.20. The number of nitrogens with zero attached hydrogens (tertiary/aromatic N) is 1. The summed E-state index contributed by atoms with van der Waals surface area (Å²) < 4.78 is 0. The van der Waals surface area contributed by atoms with Crippen LogP contribution in [0.2, 0.25) is 0 Å². The molecule has 5 N–H and O–H groups in total. The van der Waals surface area contributed by atoms with Crippen molar-refractivity contribution >= 4 is 16.9 Å². The number of rotatable bonds is 3. The summed E-state index contributed by atoms with van der Waals surface area (Å²) >= 11 is 0. The van der Waals surface area contributed by atoms with Gasteiger partial charge in [0.25, 0.3) is 0 Å². The van der Waals surface area contributed by atoms with Crippen LogP contribution < -0.4 is 11.1 Å². The zero-order chi connectivity index (χ0) is 13.1. The number of aryl methyl sites for hydroxylation is 1. The molecular formula is C13H15N5. The number of fused-ring (bicyclic) bond motifs is 1. The first-order chi connectivity index (χ1) is 8.61. The highest BCUT2D eigenvalue weighted by Crippen LogP contribution is 2.23. The fourth-order valence-electron chi connectivity index (χ4n) is 2.10. The quantitative estimate of drug-likeness (QED) is 0.482. The number of benzene rings is 1. The SMILES string of the molecule is Cc1[nH]c2ccc(C#N)cc2c1CCNC(=N)N. The molecule has 0 fully saturated rings. The van der Waals surface area contributed by atoms with Crippen LogP contribution in [0.1, 0.15) is 16.8 Å². The number of nitrogens with two attached hydrogens (primary N) is 1. The van der Waals surface area contributed by atoms with Gasteiger partial charge < -0.3 is 16.0 Å². The summed E-state index contributed by atoms with van der Waals surface area (Å²) in [5, 5.41) is 19.9. The van der Waals surface area contributed by atoms with Crippen LogP contribution in [0.4, 0.5) is 0 Å². The number of H-pyrrole nitrogens is 1. The fraction of sp³-hybridized carbons (Fsp3) is 0.231. The van der Waals surface area contributed by atoms with Crippen molar-refractivity contribution in [3.8, 4) is 6.07 Å². The Morgan fingerprint density at radius 1 is 1.56 bits per heavy atom. The van der Waals surface area contributed by atoms with Crippen LogP contribution in [0, 0.1) is 23.7 Å². The van der Waals surface area contributed by atoms with E-state index in [-0.39, 0.29) is 5.96 Å². The summed E-state index contributed by atoms with van der Waals surface area (Å²) in [6, 6.07) is 7.76. The first-order valence-corrected chi connectivity index (χ1v) is 5.71. The van der Waals surface area contributed by atoms with Crippen LogP contribution in [-0.4, -0.2) is 17.5 Å². The van der Waals surface area contributed by atoms with Crippen LogP contribution in [0.15, 0.2) is 18.2 Å². The van der Waals surface area contributed by atoms with E-state index in [1.807, 2.05) is 19.1 Å². The number of nitriles is 1. The highest BCUT2D eigenvalue weighted by atomic mass is 15.0. The van der Waals surface area contributed by atoms with Crippen LogP contribution >= 0.6 is 0 Å². The lowest BCUT2D eigenvalue weighted by atomic mass is 10.1. The maximum atomic E-state index is 8.93. The van der Waals surface area contributed by atoms with E-state index >= 15 is 0 Å². The Morgan fingerprint density at radius 3 is 3.00 bits per heavy atom. The minimum Gasteiger partial charge on any atom is -0.370 e. The van der Waals surface area contributed by atoms with Gasteiger partial charge in [-0.3, -0.25) is 5.41 Å². The molecule has 2 aromatic rings. The minimum absolute atomic E-state index is 0.0230. The topological polar surface area (TPSA) is 101 Å². The summed E-state index contributed by atoms with van der Waals surface area (Å²) in [5.41, 5.74) is 9.19. The summed E-state index contributed by atoms with van der Waals surface area (Å²) in [4.78, 5) is 3.29. The third-order valence-corrected chi connectivity index (χ3v) is 2.94. The molecule has 0 atom stereocenters. The molecule has 0 aliphatic carbocycles. The molecule has 0 saturated carbocycles. The standard InChI is InChI=1S/C13H15N5/c1-8-10(4-5-17-13(15)16)11-6-9(7-14)2-3-12(11)18-8/h2-3,6,18H,4-5H2,1H3,(H4,15,16,17). The Balaban J connectivity index is 2.33. The van der Waals surface area contributed by atoms with Crippen LogP contribution in [-0.2, 0) is 6.42 Å². The maximum Gasteiger partial charge on any atom is 0.185 e. The van der Waals surface area contributed by atoms with Gasteiger partial charge in [-0.25, -0.2) is 0 Å². The van der Waals surface area contributed by atoms with Crippen molar-refractivity contribution < 1.29 is 0 Å². The van der Waals surface area contributed by atoms with Gasteiger partial charge in [-0.2, -0.15) is 5.26 Å². The van der Waals surface area contributed by atoms with Crippen molar-refractivity contribution in [1.29, 1.82) is 10.7 Å². The molecule has 1 aromatic carbocycles. The van der Waals surface area contributed by atoms with Gasteiger partial charge in [0.2, 0.25) is 0 Å². The molecule has 5 heteroatoms. The third-order valence-electron chi connectivity index (χ3n) is 2.94. The van der Waals surface area contributed by atoms with Gasteiger partial charge in [-0.05, 0) is 37.1 Å². The van der Waals surface area contributed by atoms with Gasteiger partial charge in [0, 0.05) is 23.1 Å². The monoisotopic (exact) mass is 241 g/mol. The van der Waals surface area contributed by atoms with Gasteiger partial charge in [-0.15, -0.1) is 0 Å².